The lowest BCUT2D eigenvalue weighted by molar-refractivity contribution is -0.145. The molecule has 0 radical (unpaired) electrons. The molecular formula is C19H21F6N5O3S. The van der Waals surface area contributed by atoms with Crippen molar-refractivity contribution in [2.24, 2.45) is 0 Å². The van der Waals surface area contributed by atoms with E-state index < -0.39 is 47.5 Å². The topological polar surface area (TPSA) is 91.7 Å². The SMILES string of the molecule is CC(C)(C)OC(=O)N1CCN(c2sc(C(F)(F)F)nc2-c2cnc(C(F)(F)F)nc2)C[C@H]1CO. The molecule has 0 aromatic carbocycles. The molecule has 1 atom stereocenters. The van der Waals surface area contributed by atoms with Crippen LogP contribution in [-0.2, 0) is 17.1 Å². The predicted molar refractivity (Wildman–Crippen MR) is 109 cm³/mol. The molecule has 1 aliphatic rings. The van der Waals surface area contributed by atoms with Gasteiger partial charge in [0, 0.05) is 37.6 Å². The highest BCUT2D eigenvalue weighted by atomic mass is 32.1. The number of anilines is 1. The Kier molecular flexibility index (Phi) is 6.99. The van der Waals surface area contributed by atoms with Crippen molar-refractivity contribution < 1.29 is 41.0 Å². The molecule has 0 saturated carbocycles. The van der Waals surface area contributed by atoms with Gasteiger partial charge in [-0.1, -0.05) is 11.3 Å². The molecule has 0 spiro atoms. The van der Waals surface area contributed by atoms with Gasteiger partial charge in [-0.05, 0) is 20.8 Å². The average molecular weight is 513 g/mol. The molecule has 1 saturated heterocycles. The largest absolute Gasteiger partial charge is 0.451 e. The first kappa shape index (κ1) is 25.9. The van der Waals surface area contributed by atoms with Gasteiger partial charge in [0.15, 0.2) is 0 Å². The Morgan fingerprint density at radius 2 is 1.74 bits per heavy atom. The number of hydrogen-bond donors (Lipinski definition) is 1. The summed E-state index contributed by atoms with van der Waals surface area (Å²) in [6.07, 6.45) is -8.77. The maximum atomic E-state index is 13.4. The van der Waals surface area contributed by atoms with Crippen molar-refractivity contribution in [1.29, 1.82) is 0 Å². The molecule has 1 amide bonds. The van der Waals surface area contributed by atoms with Crippen LogP contribution in [0.5, 0.6) is 0 Å². The van der Waals surface area contributed by atoms with E-state index in [2.05, 4.69) is 15.0 Å². The number of alkyl halides is 6. The first-order chi connectivity index (χ1) is 15.6. The van der Waals surface area contributed by atoms with E-state index in [0.29, 0.717) is 11.3 Å². The predicted octanol–water partition coefficient (Wildman–Crippen LogP) is 4.06. The molecule has 3 rings (SSSR count). The number of rotatable bonds is 3. The Labute approximate surface area is 194 Å². The van der Waals surface area contributed by atoms with E-state index >= 15 is 0 Å². The van der Waals surface area contributed by atoms with Crippen LogP contribution in [0.1, 0.15) is 31.6 Å². The van der Waals surface area contributed by atoms with Gasteiger partial charge in [-0.3, -0.25) is 4.90 Å². The van der Waals surface area contributed by atoms with Crippen molar-refractivity contribution in [2.75, 3.05) is 31.1 Å². The molecule has 0 unspecified atom stereocenters. The molecule has 188 valence electrons. The number of piperazine rings is 1. The Hall–Kier alpha value is -2.68. The van der Waals surface area contributed by atoms with E-state index in [1.54, 1.807) is 20.8 Å². The van der Waals surface area contributed by atoms with Crippen molar-refractivity contribution in [1.82, 2.24) is 19.9 Å². The normalized spacial score (nSPS) is 17.8. The fraction of sp³-hybridized carbons (Fsp3) is 0.579. The zero-order valence-corrected chi connectivity index (χ0v) is 19.1. The molecule has 0 aliphatic carbocycles. The second kappa shape index (κ2) is 9.17. The molecular weight excluding hydrogens is 492 g/mol. The lowest BCUT2D eigenvalue weighted by Crippen LogP contribution is -2.57. The molecule has 15 heteroatoms. The van der Waals surface area contributed by atoms with Crippen molar-refractivity contribution in [3.8, 4) is 11.3 Å². The van der Waals surface area contributed by atoms with Crippen LogP contribution in [0.15, 0.2) is 12.4 Å². The standard InChI is InChI=1S/C19H21F6N5O3S/c1-17(2,3)33-16(32)30-5-4-29(8-11(30)9-31)13-12(28-15(34-13)19(23,24)25)10-6-26-14(27-7-10)18(20,21)22/h6-7,11,31H,4-5,8-9H2,1-3H3/t11-/m0/s1. The Morgan fingerprint density at radius 1 is 1.12 bits per heavy atom. The molecule has 34 heavy (non-hydrogen) atoms. The minimum atomic E-state index is -4.81. The van der Waals surface area contributed by atoms with Crippen LogP contribution >= 0.6 is 11.3 Å². The fourth-order valence-corrected chi connectivity index (χ4v) is 4.18. The number of aliphatic hydroxyl groups is 1. The van der Waals surface area contributed by atoms with Crippen molar-refractivity contribution in [3.63, 3.8) is 0 Å². The Balaban J connectivity index is 1.93. The van der Waals surface area contributed by atoms with Gasteiger partial charge in [-0.25, -0.2) is 19.7 Å². The Bertz CT molecular complexity index is 1020. The van der Waals surface area contributed by atoms with Crippen LogP contribution in [0, 0.1) is 0 Å². The highest BCUT2D eigenvalue weighted by Gasteiger charge is 2.40. The fourth-order valence-electron chi connectivity index (χ4n) is 3.19. The summed E-state index contributed by atoms with van der Waals surface area (Å²) < 4.78 is 83.8. The second-order valence-electron chi connectivity index (χ2n) is 8.42. The molecule has 0 bridgehead atoms. The van der Waals surface area contributed by atoms with Gasteiger partial charge in [-0.15, -0.1) is 0 Å². The van der Waals surface area contributed by atoms with Crippen LogP contribution < -0.4 is 4.90 Å². The van der Waals surface area contributed by atoms with Gasteiger partial charge in [0.1, 0.15) is 16.3 Å². The van der Waals surface area contributed by atoms with Crippen LogP contribution in [0.3, 0.4) is 0 Å². The first-order valence-electron chi connectivity index (χ1n) is 9.93. The van der Waals surface area contributed by atoms with Gasteiger partial charge < -0.3 is 14.7 Å². The summed E-state index contributed by atoms with van der Waals surface area (Å²) in [6, 6.07) is -0.795. The van der Waals surface area contributed by atoms with E-state index in [-0.39, 0.29) is 35.9 Å². The first-order valence-corrected chi connectivity index (χ1v) is 10.7. The van der Waals surface area contributed by atoms with Gasteiger partial charge in [0.05, 0.1) is 12.6 Å². The number of thiazole rings is 1. The lowest BCUT2D eigenvalue weighted by Gasteiger charge is -2.41. The van der Waals surface area contributed by atoms with Crippen LogP contribution in [0.25, 0.3) is 11.3 Å². The maximum absolute atomic E-state index is 13.4. The van der Waals surface area contributed by atoms with Crippen LogP contribution in [-0.4, -0.2) is 68.9 Å². The summed E-state index contributed by atoms with van der Waals surface area (Å²) in [5.74, 6) is -1.43. The number of ether oxygens (including phenoxy) is 1. The summed E-state index contributed by atoms with van der Waals surface area (Å²) in [4.78, 5) is 25.2. The average Bonchev–Trinajstić information content (AvgIpc) is 3.17. The van der Waals surface area contributed by atoms with Gasteiger partial charge in [0.2, 0.25) is 10.8 Å². The third-order valence-electron chi connectivity index (χ3n) is 4.64. The number of hydrogen-bond acceptors (Lipinski definition) is 8. The minimum Gasteiger partial charge on any atom is -0.444 e. The number of halogens is 6. The smallest absolute Gasteiger partial charge is 0.444 e. The van der Waals surface area contributed by atoms with Crippen LogP contribution in [0.4, 0.5) is 36.1 Å². The summed E-state index contributed by atoms with van der Waals surface area (Å²) in [5.41, 5.74) is -1.16. The maximum Gasteiger partial charge on any atom is 0.451 e. The number of nitrogens with zero attached hydrogens (tertiary/aromatic N) is 5. The second-order valence-corrected chi connectivity index (χ2v) is 9.40. The van der Waals surface area contributed by atoms with E-state index in [0.717, 1.165) is 12.4 Å². The van der Waals surface area contributed by atoms with E-state index in [1.165, 1.54) is 9.80 Å². The molecule has 2 aromatic rings. The van der Waals surface area contributed by atoms with Crippen molar-refractivity contribution in [2.45, 2.75) is 44.8 Å². The summed E-state index contributed by atoms with van der Waals surface area (Å²) in [5, 5.41) is 8.62. The van der Waals surface area contributed by atoms with Gasteiger partial charge in [-0.2, -0.15) is 26.3 Å². The van der Waals surface area contributed by atoms with Gasteiger partial charge >= 0.3 is 18.4 Å². The zero-order chi connectivity index (χ0) is 25.5. The Morgan fingerprint density at radius 3 is 2.24 bits per heavy atom. The lowest BCUT2D eigenvalue weighted by atomic mass is 10.1. The third kappa shape index (κ3) is 5.87. The van der Waals surface area contributed by atoms with Crippen molar-refractivity contribution >= 4 is 22.4 Å². The number of aromatic nitrogens is 3. The van der Waals surface area contributed by atoms with E-state index in [4.69, 9.17) is 4.74 Å². The number of carbonyl (C=O) groups is 1. The molecule has 8 nitrogen and oxygen atoms in total. The highest BCUT2D eigenvalue weighted by Crippen LogP contribution is 2.43. The number of carbonyl (C=O) groups excluding carboxylic acids is 1. The third-order valence-corrected chi connectivity index (χ3v) is 5.80. The highest BCUT2D eigenvalue weighted by molar-refractivity contribution is 7.16. The van der Waals surface area contributed by atoms with E-state index in [9.17, 15) is 36.2 Å². The molecule has 1 fully saturated rings. The number of amides is 1. The molecule has 1 aliphatic heterocycles. The molecule has 1 N–H and O–H groups in total. The van der Waals surface area contributed by atoms with Gasteiger partial charge in [0.25, 0.3) is 0 Å². The molecule has 3 heterocycles. The molecule has 2 aromatic heterocycles. The monoisotopic (exact) mass is 513 g/mol. The van der Waals surface area contributed by atoms with E-state index in [1.807, 2.05) is 0 Å². The quantitative estimate of drug-likeness (QED) is 0.619. The number of aliphatic hydroxyl groups excluding tert-OH is 1. The minimum absolute atomic E-state index is 0.0120. The zero-order valence-electron chi connectivity index (χ0n) is 18.2. The van der Waals surface area contributed by atoms with Crippen molar-refractivity contribution in [3.05, 3.63) is 23.2 Å². The van der Waals surface area contributed by atoms with Crippen LogP contribution in [0.2, 0.25) is 0 Å². The summed E-state index contributed by atoms with van der Waals surface area (Å²) >= 11 is 0.305. The summed E-state index contributed by atoms with van der Waals surface area (Å²) in [6.45, 7) is 4.58. The summed E-state index contributed by atoms with van der Waals surface area (Å²) in [7, 11) is 0.